The van der Waals surface area contributed by atoms with Crippen LogP contribution in [-0.4, -0.2) is 37.7 Å². The summed E-state index contributed by atoms with van der Waals surface area (Å²) in [6.07, 6.45) is 3.79. The first kappa shape index (κ1) is 20.7. The summed E-state index contributed by atoms with van der Waals surface area (Å²) < 4.78 is 10.6. The van der Waals surface area contributed by atoms with Crippen LogP contribution in [0.4, 0.5) is 11.4 Å². The minimum absolute atomic E-state index is 0.0606. The molecule has 1 N–H and O–H groups in total. The van der Waals surface area contributed by atoms with Gasteiger partial charge in [0.2, 0.25) is 0 Å². The van der Waals surface area contributed by atoms with Crippen molar-refractivity contribution in [2.75, 3.05) is 29.9 Å². The highest BCUT2D eigenvalue weighted by molar-refractivity contribution is 5.95. The van der Waals surface area contributed by atoms with E-state index in [4.69, 9.17) is 9.47 Å². The Balaban J connectivity index is 1.46. The lowest BCUT2D eigenvalue weighted by Gasteiger charge is -2.28. The zero-order chi connectivity index (χ0) is 20.6. The molecule has 0 aliphatic carbocycles. The lowest BCUT2D eigenvalue weighted by Crippen LogP contribution is -2.29. The zero-order valence-corrected chi connectivity index (χ0v) is 17.0. The molecule has 0 radical (unpaired) electrons. The Hall–Kier alpha value is -3.02. The highest BCUT2D eigenvalue weighted by atomic mass is 16.5. The van der Waals surface area contributed by atoms with Gasteiger partial charge in [0.1, 0.15) is 5.75 Å². The summed E-state index contributed by atoms with van der Waals surface area (Å²) in [6.45, 7) is 5.68. The highest BCUT2D eigenvalue weighted by Crippen LogP contribution is 2.21. The molecule has 6 nitrogen and oxygen atoms in total. The maximum Gasteiger partial charge on any atom is 0.338 e. The van der Waals surface area contributed by atoms with E-state index in [1.54, 1.807) is 24.3 Å². The standard InChI is InChI=1S/C23H28N2O4/c1-17(2)29-21-12-6-18(7-13-21)23(27)28-16-22(26)24-19-8-10-20(11-9-19)25-14-4-3-5-15-25/h6-13,17H,3-5,14-16H2,1-2H3,(H,24,26). The van der Waals surface area contributed by atoms with E-state index in [0.717, 1.165) is 13.1 Å². The van der Waals surface area contributed by atoms with Crippen LogP contribution < -0.4 is 15.0 Å². The van der Waals surface area contributed by atoms with Crippen LogP contribution in [-0.2, 0) is 9.53 Å². The molecule has 3 rings (SSSR count). The zero-order valence-electron chi connectivity index (χ0n) is 17.0. The number of anilines is 2. The summed E-state index contributed by atoms with van der Waals surface area (Å²) in [6, 6.07) is 14.4. The molecule has 1 amide bonds. The van der Waals surface area contributed by atoms with E-state index in [0.29, 0.717) is 17.0 Å². The van der Waals surface area contributed by atoms with Gasteiger partial charge in [-0.1, -0.05) is 0 Å². The monoisotopic (exact) mass is 396 g/mol. The maximum absolute atomic E-state index is 12.1. The minimum Gasteiger partial charge on any atom is -0.491 e. The fraction of sp³-hybridized carbons (Fsp3) is 0.391. The first-order valence-corrected chi connectivity index (χ1v) is 10.1. The maximum atomic E-state index is 12.1. The van der Waals surface area contributed by atoms with Gasteiger partial charge in [-0.2, -0.15) is 0 Å². The molecular formula is C23H28N2O4. The molecule has 0 saturated carbocycles. The number of esters is 1. The molecular weight excluding hydrogens is 368 g/mol. The van der Waals surface area contributed by atoms with Crippen molar-refractivity contribution >= 4 is 23.3 Å². The second-order valence-electron chi connectivity index (χ2n) is 7.41. The van der Waals surface area contributed by atoms with E-state index in [1.165, 1.54) is 24.9 Å². The van der Waals surface area contributed by atoms with Gasteiger partial charge in [-0.3, -0.25) is 4.79 Å². The van der Waals surface area contributed by atoms with Crippen LogP contribution in [0.2, 0.25) is 0 Å². The number of rotatable bonds is 7. The fourth-order valence-corrected chi connectivity index (χ4v) is 3.26. The van der Waals surface area contributed by atoms with Gasteiger partial charge >= 0.3 is 5.97 Å². The van der Waals surface area contributed by atoms with Gasteiger partial charge in [0.25, 0.3) is 5.91 Å². The van der Waals surface area contributed by atoms with Crippen molar-refractivity contribution in [1.82, 2.24) is 0 Å². The van der Waals surface area contributed by atoms with Crippen LogP contribution in [0.15, 0.2) is 48.5 Å². The van der Waals surface area contributed by atoms with E-state index in [-0.39, 0.29) is 18.6 Å². The number of hydrogen-bond donors (Lipinski definition) is 1. The first-order valence-electron chi connectivity index (χ1n) is 10.1. The van der Waals surface area contributed by atoms with Crippen LogP contribution in [0.25, 0.3) is 0 Å². The smallest absolute Gasteiger partial charge is 0.338 e. The molecule has 0 spiro atoms. The molecule has 1 fully saturated rings. The third-order valence-corrected chi connectivity index (χ3v) is 4.67. The number of carbonyl (C=O) groups is 2. The van der Waals surface area contributed by atoms with Crippen LogP contribution in [0.3, 0.4) is 0 Å². The predicted octanol–water partition coefficient (Wildman–Crippen LogP) is 4.26. The number of amides is 1. The summed E-state index contributed by atoms with van der Waals surface area (Å²) in [5, 5.41) is 2.75. The molecule has 1 heterocycles. The third kappa shape index (κ3) is 6.24. The van der Waals surface area contributed by atoms with Crippen LogP contribution >= 0.6 is 0 Å². The van der Waals surface area contributed by atoms with Crippen molar-refractivity contribution in [2.24, 2.45) is 0 Å². The number of ether oxygens (including phenoxy) is 2. The van der Waals surface area contributed by atoms with Crippen molar-refractivity contribution in [3.63, 3.8) is 0 Å². The number of benzene rings is 2. The summed E-state index contributed by atoms with van der Waals surface area (Å²) >= 11 is 0. The van der Waals surface area contributed by atoms with Crippen LogP contribution in [0.1, 0.15) is 43.5 Å². The van der Waals surface area contributed by atoms with E-state index < -0.39 is 5.97 Å². The molecule has 2 aromatic rings. The molecule has 0 unspecified atom stereocenters. The van der Waals surface area contributed by atoms with Crippen LogP contribution in [0, 0.1) is 0 Å². The Labute approximate surface area is 171 Å². The molecule has 0 aromatic heterocycles. The van der Waals surface area contributed by atoms with Crippen molar-refractivity contribution in [2.45, 2.75) is 39.2 Å². The van der Waals surface area contributed by atoms with E-state index in [9.17, 15) is 9.59 Å². The summed E-state index contributed by atoms with van der Waals surface area (Å²) in [5.74, 6) is -0.233. The molecule has 0 bridgehead atoms. The SMILES string of the molecule is CC(C)Oc1ccc(C(=O)OCC(=O)Nc2ccc(N3CCCCC3)cc2)cc1. The van der Waals surface area contributed by atoms with Crippen molar-refractivity contribution in [3.05, 3.63) is 54.1 Å². The summed E-state index contributed by atoms with van der Waals surface area (Å²) in [4.78, 5) is 26.6. The molecule has 154 valence electrons. The van der Waals surface area contributed by atoms with Gasteiger partial charge < -0.3 is 19.7 Å². The predicted molar refractivity (Wildman–Crippen MR) is 114 cm³/mol. The van der Waals surface area contributed by atoms with E-state index >= 15 is 0 Å². The van der Waals surface area contributed by atoms with Crippen LogP contribution in [0.5, 0.6) is 5.75 Å². The number of nitrogens with one attached hydrogen (secondary N) is 1. The molecule has 1 aliphatic heterocycles. The average molecular weight is 396 g/mol. The topological polar surface area (TPSA) is 67.9 Å². The largest absolute Gasteiger partial charge is 0.491 e. The lowest BCUT2D eigenvalue weighted by atomic mass is 10.1. The summed E-state index contributed by atoms with van der Waals surface area (Å²) in [5.41, 5.74) is 2.22. The fourth-order valence-electron chi connectivity index (χ4n) is 3.26. The number of hydrogen-bond acceptors (Lipinski definition) is 5. The molecule has 1 saturated heterocycles. The van der Waals surface area contributed by atoms with E-state index in [1.807, 2.05) is 38.1 Å². The van der Waals surface area contributed by atoms with Gasteiger partial charge in [-0.15, -0.1) is 0 Å². The van der Waals surface area contributed by atoms with Gasteiger partial charge in [-0.05, 0) is 81.6 Å². The number of nitrogens with zero attached hydrogens (tertiary/aromatic N) is 1. The quantitative estimate of drug-likeness (QED) is 0.709. The lowest BCUT2D eigenvalue weighted by molar-refractivity contribution is -0.119. The minimum atomic E-state index is -0.545. The highest BCUT2D eigenvalue weighted by Gasteiger charge is 2.13. The summed E-state index contributed by atoms with van der Waals surface area (Å²) in [7, 11) is 0. The normalized spacial score (nSPS) is 13.8. The Morgan fingerprint density at radius 2 is 1.62 bits per heavy atom. The van der Waals surface area contributed by atoms with Crippen molar-refractivity contribution in [1.29, 1.82) is 0 Å². The number of carbonyl (C=O) groups excluding carboxylic acids is 2. The number of piperidine rings is 1. The Morgan fingerprint density at radius 1 is 0.966 bits per heavy atom. The molecule has 2 aromatic carbocycles. The Bertz CT molecular complexity index is 810. The Kier molecular flexibility index (Phi) is 7.11. The first-order chi connectivity index (χ1) is 14.0. The molecule has 29 heavy (non-hydrogen) atoms. The molecule has 1 aliphatic rings. The molecule has 0 atom stereocenters. The van der Waals surface area contributed by atoms with E-state index in [2.05, 4.69) is 10.2 Å². The van der Waals surface area contributed by atoms with Gasteiger partial charge in [-0.25, -0.2) is 4.79 Å². The third-order valence-electron chi connectivity index (χ3n) is 4.67. The van der Waals surface area contributed by atoms with Crippen molar-refractivity contribution < 1.29 is 19.1 Å². The van der Waals surface area contributed by atoms with Gasteiger partial charge in [0.05, 0.1) is 11.7 Å². The van der Waals surface area contributed by atoms with Gasteiger partial charge in [0.15, 0.2) is 6.61 Å². The average Bonchev–Trinajstić information content (AvgIpc) is 2.73. The second kappa shape index (κ2) is 9.96. The molecule has 6 heteroatoms. The second-order valence-corrected chi connectivity index (χ2v) is 7.41. The Morgan fingerprint density at radius 3 is 2.24 bits per heavy atom. The van der Waals surface area contributed by atoms with Gasteiger partial charge in [0, 0.05) is 24.5 Å². The van der Waals surface area contributed by atoms with Crippen molar-refractivity contribution in [3.8, 4) is 5.75 Å².